The van der Waals surface area contributed by atoms with E-state index in [0.29, 0.717) is 11.6 Å². The standard InChI is InChI=1S/C28H34N8/c1-6-36(7-2)17-19-9-8-10-24-25(19)32-28(35(24)5)26-23-12-21(15-31-27(23)34-33-26)20-11-22(16-29-14-20)30-13-18(3)4/h8-12,14-16,18,30H,6-7,13,17H2,1-5H3,(H,31,33,34). The molecule has 0 radical (unpaired) electrons. The fourth-order valence-corrected chi connectivity index (χ4v) is 4.56. The van der Waals surface area contributed by atoms with Gasteiger partial charge in [0.25, 0.3) is 0 Å². The number of aromatic nitrogens is 6. The third kappa shape index (κ3) is 4.56. The number of nitrogens with zero attached hydrogens (tertiary/aromatic N) is 6. The van der Waals surface area contributed by atoms with Gasteiger partial charge in [-0.25, -0.2) is 9.97 Å². The van der Waals surface area contributed by atoms with Gasteiger partial charge in [0.1, 0.15) is 5.69 Å². The molecule has 2 N–H and O–H groups in total. The van der Waals surface area contributed by atoms with Crippen LogP contribution in [0, 0.1) is 5.92 Å². The number of aromatic amines is 1. The van der Waals surface area contributed by atoms with Crippen LogP contribution in [0.5, 0.6) is 0 Å². The topological polar surface area (TPSA) is 87.6 Å². The second-order valence-electron chi connectivity index (χ2n) is 9.67. The highest BCUT2D eigenvalue weighted by Crippen LogP contribution is 2.32. The average Bonchev–Trinajstić information content (AvgIpc) is 3.47. The predicted octanol–water partition coefficient (Wildman–Crippen LogP) is 5.48. The summed E-state index contributed by atoms with van der Waals surface area (Å²) in [6, 6.07) is 10.7. The van der Waals surface area contributed by atoms with Gasteiger partial charge in [0.2, 0.25) is 0 Å². The second-order valence-corrected chi connectivity index (χ2v) is 9.67. The van der Waals surface area contributed by atoms with Crippen LogP contribution in [0.2, 0.25) is 0 Å². The molecule has 0 aliphatic heterocycles. The van der Waals surface area contributed by atoms with Gasteiger partial charge in [-0.15, -0.1) is 0 Å². The molecule has 4 heterocycles. The molecule has 0 amide bonds. The Morgan fingerprint density at radius 1 is 1.06 bits per heavy atom. The molecule has 0 fully saturated rings. The number of hydrogen-bond acceptors (Lipinski definition) is 6. The van der Waals surface area contributed by atoms with Crippen molar-refractivity contribution in [3.63, 3.8) is 0 Å². The van der Waals surface area contributed by atoms with Crippen LogP contribution in [0.15, 0.2) is 48.9 Å². The highest BCUT2D eigenvalue weighted by atomic mass is 15.2. The number of fused-ring (bicyclic) bond motifs is 2. The summed E-state index contributed by atoms with van der Waals surface area (Å²) in [5, 5.41) is 12.1. The molecule has 4 aromatic heterocycles. The van der Waals surface area contributed by atoms with E-state index in [1.807, 2.05) is 18.6 Å². The molecular formula is C28H34N8. The molecule has 36 heavy (non-hydrogen) atoms. The van der Waals surface area contributed by atoms with E-state index >= 15 is 0 Å². The van der Waals surface area contributed by atoms with Gasteiger partial charge in [-0.2, -0.15) is 5.10 Å². The maximum absolute atomic E-state index is 5.10. The Hall–Kier alpha value is -3.78. The number of aryl methyl sites for hydroxylation is 1. The molecule has 0 saturated carbocycles. The number of hydrogen-bond donors (Lipinski definition) is 2. The van der Waals surface area contributed by atoms with Gasteiger partial charge in [0.05, 0.1) is 22.1 Å². The Bertz CT molecular complexity index is 1490. The molecule has 8 nitrogen and oxygen atoms in total. The van der Waals surface area contributed by atoms with E-state index in [4.69, 9.17) is 4.98 Å². The molecule has 8 heteroatoms. The zero-order chi connectivity index (χ0) is 25.2. The number of pyridine rings is 2. The minimum Gasteiger partial charge on any atom is -0.384 e. The van der Waals surface area contributed by atoms with Gasteiger partial charge in [-0.1, -0.05) is 39.8 Å². The molecule has 5 rings (SSSR count). The number of para-hydroxylation sites is 1. The quantitative estimate of drug-likeness (QED) is 0.289. The molecule has 0 spiro atoms. The fraction of sp³-hybridized carbons (Fsp3) is 0.357. The summed E-state index contributed by atoms with van der Waals surface area (Å²) in [6.45, 7) is 12.6. The van der Waals surface area contributed by atoms with Crippen LogP contribution in [0.25, 0.3) is 44.7 Å². The number of imidazole rings is 1. The van der Waals surface area contributed by atoms with Crippen LogP contribution < -0.4 is 5.32 Å². The van der Waals surface area contributed by atoms with Gasteiger partial charge < -0.3 is 9.88 Å². The summed E-state index contributed by atoms with van der Waals surface area (Å²) in [5.41, 5.74) is 7.92. The van der Waals surface area contributed by atoms with E-state index in [1.165, 1.54) is 5.56 Å². The minimum atomic E-state index is 0.556. The minimum absolute atomic E-state index is 0.556. The Morgan fingerprint density at radius 2 is 1.86 bits per heavy atom. The average molecular weight is 483 g/mol. The summed E-state index contributed by atoms with van der Waals surface area (Å²) in [6.07, 6.45) is 5.58. The Morgan fingerprint density at radius 3 is 2.64 bits per heavy atom. The molecule has 0 saturated heterocycles. The summed E-state index contributed by atoms with van der Waals surface area (Å²) < 4.78 is 2.14. The van der Waals surface area contributed by atoms with Crippen LogP contribution >= 0.6 is 0 Å². The van der Waals surface area contributed by atoms with E-state index in [1.54, 1.807) is 0 Å². The predicted molar refractivity (Wildman–Crippen MR) is 147 cm³/mol. The number of benzene rings is 1. The summed E-state index contributed by atoms with van der Waals surface area (Å²) in [7, 11) is 2.06. The SMILES string of the molecule is CCN(CC)Cc1cccc2c1nc(-c1[nH]nc3ncc(-c4cncc(NCC(C)C)c4)cc13)n2C. The molecular weight excluding hydrogens is 448 g/mol. The number of anilines is 1. The molecule has 1 aromatic carbocycles. The zero-order valence-corrected chi connectivity index (χ0v) is 21.7. The van der Waals surface area contributed by atoms with Crippen LogP contribution in [-0.2, 0) is 13.6 Å². The van der Waals surface area contributed by atoms with E-state index in [9.17, 15) is 0 Å². The van der Waals surface area contributed by atoms with Crippen LogP contribution in [0.4, 0.5) is 5.69 Å². The molecule has 0 atom stereocenters. The smallest absolute Gasteiger partial charge is 0.181 e. The van der Waals surface area contributed by atoms with Gasteiger partial charge >= 0.3 is 0 Å². The van der Waals surface area contributed by atoms with Gasteiger partial charge in [0, 0.05) is 49.9 Å². The molecule has 0 aliphatic carbocycles. The van der Waals surface area contributed by atoms with Crippen molar-refractivity contribution in [2.24, 2.45) is 13.0 Å². The molecule has 186 valence electrons. The lowest BCUT2D eigenvalue weighted by molar-refractivity contribution is 0.297. The van der Waals surface area contributed by atoms with Crippen molar-refractivity contribution < 1.29 is 0 Å². The number of nitrogens with one attached hydrogen (secondary N) is 2. The van der Waals surface area contributed by atoms with Crippen LogP contribution in [-0.4, -0.2) is 54.3 Å². The largest absolute Gasteiger partial charge is 0.384 e. The first-order valence-corrected chi connectivity index (χ1v) is 12.7. The molecule has 0 aliphatic rings. The van der Waals surface area contributed by atoms with E-state index in [2.05, 4.69) is 100 Å². The van der Waals surface area contributed by atoms with Crippen molar-refractivity contribution in [3.05, 3.63) is 54.5 Å². The van der Waals surface area contributed by atoms with E-state index < -0.39 is 0 Å². The van der Waals surface area contributed by atoms with Gasteiger partial charge in [-0.3, -0.25) is 15.0 Å². The van der Waals surface area contributed by atoms with Gasteiger partial charge in [0.15, 0.2) is 11.5 Å². The zero-order valence-electron chi connectivity index (χ0n) is 21.7. The van der Waals surface area contributed by atoms with Crippen molar-refractivity contribution in [1.82, 2.24) is 34.6 Å². The fourth-order valence-electron chi connectivity index (χ4n) is 4.56. The second kappa shape index (κ2) is 10.1. The monoisotopic (exact) mass is 482 g/mol. The lowest BCUT2D eigenvalue weighted by Crippen LogP contribution is -2.22. The third-order valence-corrected chi connectivity index (χ3v) is 6.70. The van der Waals surface area contributed by atoms with E-state index in [-0.39, 0.29) is 0 Å². The van der Waals surface area contributed by atoms with Gasteiger partial charge in [-0.05, 0) is 42.8 Å². The van der Waals surface area contributed by atoms with Crippen molar-refractivity contribution in [3.8, 4) is 22.6 Å². The first-order chi connectivity index (χ1) is 17.5. The van der Waals surface area contributed by atoms with Crippen molar-refractivity contribution in [1.29, 1.82) is 0 Å². The number of rotatable bonds is 9. The lowest BCUT2D eigenvalue weighted by atomic mass is 10.1. The van der Waals surface area contributed by atoms with Crippen LogP contribution in [0.1, 0.15) is 33.3 Å². The Labute approximate surface area is 211 Å². The highest BCUT2D eigenvalue weighted by molar-refractivity contribution is 5.94. The van der Waals surface area contributed by atoms with E-state index in [0.717, 1.165) is 70.9 Å². The highest BCUT2D eigenvalue weighted by Gasteiger charge is 2.18. The third-order valence-electron chi connectivity index (χ3n) is 6.70. The Kier molecular flexibility index (Phi) is 6.69. The first-order valence-electron chi connectivity index (χ1n) is 12.7. The summed E-state index contributed by atoms with van der Waals surface area (Å²) >= 11 is 0. The normalized spacial score (nSPS) is 11.9. The number of H-pyrrole nitrogens is 1. The molecule has 5 aromatic rings. The summed E-state index contributed by atoms with van der Waals surface area (Å²) in [4.78, 5) is 16.6. The molecule has 0 bridgehead atoms. The van der Waals surface area contributed by atoms with Crippen molar-refractivity contribution in [2.45, 2.75) is 34.2 Å². The first kappa shape index (κ1) is 23.9. The maximum atomic E-state index is 5.10. The van der Waals surface area contributed by atoms with Crippen molar-refractivity contribution >= 4 is 27.8 Å². The molecule has 0 unspecified atom stereocenters. The van der Waals surface area contributed by atoms with Crippen LogP contribution in [0.3, 0.4) is 0 Å². The van der Waals surface area contributed by atoms with Crippen molar-refractivity contribution in [2.75, 3.05) is 25.0 Å². The summed E-state index contributed by atoms with van der Waals surface area (Å²) in [5.74, 6) is 1.41. The Balaban J connectivity index is 1.56. The maximum Gasteiger partial charge on any atom is 0.181 e. The lowest BCUT2D eigenvalue weighted by Gasteiger charge is -2.18.